The van der Waals surface area contributed by atoms with Gasteiger partial charge in [0.25, 0.3) is 5.91 Å². The van der Waals surface area contributed by atoms with Crippen molar-refractivity contribution in [2.24, 2.45) is 0 Å². The van der Waals surface area contributed by atoms with Crippen LogP contribution >= 0.6 is 0 Å². The number of nitrogens with zero attached hydrogens (tertiary/aromatic N) is 2. The molecule has 1 aromatic heterocycles. The molecule has 2 fully saturated rings. The summed E-state index contributed by atoms with van der Waals surface area (Å²) in [5.41, 5.74) is 0.272. The number of hydrogen-bond donors (Lipinski definition) is 0. The molecule has 2 heterocycles. The van der Waals surface area contributed by atoms with E-state index in [-0.39, 0.29) is 29.1 Å². The molecule has 2 aliphatic rings. The summed E-state index contributed by atoms with van der Waals surface area (Å²) >= 11 is 0. The van der Waals surface area contributed by atoms with E-state index in [4.69, 9.17) is 4.52 Å². The van der Waals surface area contributed by atoms with Crippen LogP contribution in [0.15, 0.2) is 10.6 Å². The summed E-state index contributed by atoms with van der Waals surface area (Å²) in [7, 11) is -1.37. The van der Waals surface area contributed by atoms with E-state index < -0.39 is 9.84 Å². The van der Waals surface area contributed by atoms with Crippen LogP contribution in [0, 0.1) is 0 Å². The lowest BCUT2D eigenvalue weighted by Crippen LogP contribution is -2.37. The fourth-order valence-electron chi connectivity index (χ4n) is 2.38. The van der Waals surface area contributed by atoms with Gasteiger partial charge in [0, 0.05) is 25.1 Å². The fraction of sp³-hybridized carbons (Fsp3) is 0.667. The number of amides is 1. The van der Waals surface area contributed by atoms with Gasteiger partial charge in [-0.3, -0.25) is 4.79 Å². The molecule has 0 N–H and O–H groups in total. The zero-order valence-corrected chi connectivity index (χ0v) is 11.5. The number of hydrogen-bond acceptors (Lipinski definition) is 5. The van der Waals surface area contributed by atoms with E-state index in [2.05, 4.69) is 5.16 Å². The highest BCUT2D eigenvalue weighted by Crippen LogP contribution is 2.40. The minimum Gasteiger partial charge on any atom is -0.360 e. The van der Waals surface area contributed by atoms with E-state index in [0.717, 1.165) is 18.6 Å². The Morgan fingerprint density at radius 1 is 1.42 bits per heavy atom. The van der Waals surface area contributed by atoms with Crippen LogP contribution in [0.3, 0.4) is 0 Å². The molecule has 6 nitrogen and oxygen atoms in total. The Bertz CT molecular complexity index is 603. The molecule has 1 saturated heterocycles. The monoisotopic (exact) mass is 284 g/mol. The summed E-state index contributed by atoms with van der Waals surface area (Å²) in [4.78, 5) is 13.7. The van der Waals surface area contributed by atoms with Crippen molar-refractivity contribution in [3.8, 4) is 0 Å². The molecule has 19 heavy (non-hydrogen) atoms. The molecule has 104 valence electrons. The van der Waals surface area contributed by atoms with Crippen molar-refractivity contribution in [2.75, 3.05) is 18.6 Å². The Morgan fingerprint density at radius 3 is 2.74 bits per heavy atom. The molecule has 1 aliphatic carbocycles. The molecular weight excluding hydrogens is 268 g/mol. The molecule has 0 bridgehead atoms. The average molecular weight is 284 g/mol. The molecule has 0 spiro atoms. The maximum Gasteiger partial charge on any atom is 0.276 e. The molecular formula is C12H16N2O4S. The third-order valence-electron chi connectivity index (χ3n) is 3.80. The van der Waals surface area contributed by atoms with Gasteiger partial charge in [-0.15, -0.1) is 0 Å². The molecule has 1 aromatic rings. The summed E-state index contributed by atoms with van der Waals surface area (Å²) in [6, 6.07) is 1.43. The second-order valence-corrected chi connectivity index (χ2v) is 7.59. The van der Waals surface area contributed by atoms with E-state index >= 15 is 0 Å². The van der Waals surface area contributed by atoms with Gasteiger partial charge in [-0.05, 0) is 19.3 Å². The van der Waals surface area contributed by atoms with Crippen molar-refractivity contribution in [1.82, 2.24) is 10.1 Å². The summed E-state index contributed by atoms with van der Waals surface area (Å²) in [5, 5.41) is 3.79. The van der Waals surface area contributed by atoms with Crippen LogP contribution in [0.2, 0.25) is 0 Å². The van der Waals surface area contributed by atoms with Crippen LogP contribution in [0.25, 0.3) is 0 Å². The first-order chi connectivity index (χ1) is 8.96. The summed E-state index contributed by atoms with van der Waals surface area (Å²) in [6.45, 7) is 0. The standard InChI is InChI=1S/C12H16N2O4S/c1-14(9-4-5-19(16,17)7-9)12(15)10-6-11(18-13-10)8-2-3-8/h6,8-9H,2-5,7H2,1H3/t9-/m0/s1. The Labute approximate surface area is 111 Å². The molecule has 7 heteroatoms. The van der Waals surface area contributed by atoms with Crippen LogP contribution < -0.4 is 0 Å². The quantitative estimate of drug-likeness (QED) is 0.820. The molecule has 1 saturated carbocycles. The molecule has 3 rings (SSSR count). The zero-order chi connectivity index (χ0) is 13.6. The van der Waals surface area contributed by atoms with Gasteiger partial charge >= 0.3 is 0 Å². The first-order valence-corrected chi connectivity index (χ1v) is 8.22. The van der Waals surface area contributed by atoms with Gasteiger partial charge < -0.3 is 9.42 Å². The highest BCUT2D eigenvalue weighted by atomic mass is 32.2. The lowest BCUT2D eigenvalue weighted by atomic mass is 10.2. The van der Waals surface area contributed by atoms with Gasteiger partial charge in [0.1, 0.15) is 5.76 Å². The SMILES string of the molecule is CN(C(=O)c1cc(C2CC2)on1)[C@H]1CCS(=O)(=O)C1. The van der Waals surface area contributed by atoms with E-state index in [1.807, 2.05) is 0 Å². The van der Waals surface area contributed by atoms with Crippen LogP contribution in [-0.4, -0.2) is 49.0 Å². The number of sulfone groups is 1. The average Bonchev–Trinajstić information content (AvgIpc) is 2.98. The van der Waals surface area contributed by atoms with Crippen LogP contribution in [0.4, 0.5) is 0 Å². The van der Waals surface area contributed by atoms with Crippen LogP contribution in [0.5, 0.6) is 0 Å². The Morgan fingerprint density at radius 2 is 2.16 bits per heavy atom. The van der Waals surface area contributed by atoms with E-state index in [0.29, 0.717) is 12.3 Å². The van der Waals surface area contributed by atoms with E-state index in [1.54, 1.807) is 13.1 Å². The minimum absolute atomic E-state index is 0.0442. The maximum atomic E-state index is 12.2. The lowest BCUT2D eigenvalue weighted by molar-refractivity contribution is 0.0737. The van der Waals surface area contributed by atoms with Crippen molar-refractivity contribution in [2.45, 2.75) is 31.2 Å². The molecule has 0 radical (unpaired) electrons. The Hall–Kier alpha value is -1.37. The summed E-state index contributed by atoms with van der Waals surface area (Å²) in [6.07, 6.45) is 2.66. The van der Waals surface area contributed by atoms with Crippen molar-refractivity contribution in [1.29, 1.82) is 0 Å². The topological polar surface area (TPSA) is 80.5 Å². The first kappa shape index (κ1) is 12.7. The molecule has 0 unspecified atom stereocenters. The largest absolute Gasteiger partial charge is 0.360 e. The predicted molar refractivity (Wildman–Crippen MR) is 67.6 cm³/mol. The third kappa shape index (κ3) is 2.51. The summed E-state index contributed by atoms with van der Waals surface area (Å²) in [5.74, 6) is 1.10. The van der Waals surface area contributed by atoms with Crippen LogP contribution in [-0.2, 0) is 9.84 Å². The first-order valence-electron chi connectivity index (χ1n) is 6.40. The van der Waals surface area contributed by atoms with Crippen molar-refractivity contribution in [3.05, 3.63) is 17.5 Å². The zero-order valence-electron chi connectivity index (χ0n) is 10.7. The van der Waals surface area contributed by atoms with Gasteiger partial charge in [0.15, 0.2) is 15.5 Å². The predicted octanol–water partition coefficient (Wildman–Crippen LogP) is 0.811. The third-order valence-corrected chi connectivity index (χ3v) is 5.55. The molecule has 1 aliphatic heterocycles. The summed E-state index contributed by atoms with van der Waals surface area (Å²) < 4.78 is 28.0. The lowest BCUT2D eigenvalue weighted by Gasteiger charge is -2.21. The van der Waals surface area contributed by atoms with Crippen molar-refractivity contribution < 1.29 is 17.7 Å². The number of carbonyl (C=O) groups excluding carboxylic acids is 1. The van der Waals surface area contributed by atoms with Gasteiger partial charge in [0.05, 0.1) is 11.5 Å². The Balaban J connectivity index is 1.72. The maximum absolute atomic E-state index is 12.2. The van der Waals surface area contributed by atoms with Gasteiger partial charge in [-0.25, -0.2) is 8.42 Å². The van der Waals surface area contributed by atoms with Gasteiger partial charge in [-0.2, -0.15) is 0 Å². The Kier molecular flexibility index (Phi) is 2.88. The highest BCUT2D eigenvalue weighted by molar-refractivity contribution is 7.91. The van der Waals surface area contributed by atoms with E-state index in [9.17, 15) is 13.2 Å². The number of rotatable bonds is 3. The molecule has 0 aromatic carbocycles. The minimum atomic E-state index is -2.99. The highest BCUT2D eigenvalue weighted by Gasteiger charge is 2.35. The second kappa shape index (κ2) is 4.33. The molecule has 1 amide bonds. The van der Waals surface area contributed by atoms with Gasteiger partial charge in [0.2, 0.25) is 0 Å². The fourth-order valence-corrected chi connectivity index (χ4v) is 4.15. The van der Waals surface area contributed by atoms with E-state index in [1.165, 1.54) is 4.90 Å². The van der Waals surface area contributed by atoms with Crippen LogP contribution in [0.1, 0.15) is 41.4 Å². The second-order valence-electron chi connectivity index (χ2n) is 5.36. The normalized spacial score (nSPS) is 25.4. The van der Waals surface area contributed by atoms with Gasteiger partial charge in [-0.1, -0.05) is 5.16 Å². The van der Waals surface area contributed by atoms with Crippen molar-refractivity contribution >= 4 is 15.7 Å². The smallest absolute Gasteiger partial charge is 0.276 e. The number of carbonyl (C=O) groups is 1. The molecule has 1 atom stereocenters. The van der Waals surface area contributed by atoms with Crippen molar-refractivity contribution in [3.63, 3.8) is 0 Å². The number of aromatic nitrogens is 1.